The van der Waals surface area contributed by atoms with Gasteiger partial charge in [-0.25, -0.2) is 4.98 Å². The van der Waals surface area contributed by atoms with Gasteiger partial charge in [-0.3, -0.25) is 0 Å². The maximum Gasteiger partial charge on any atom is 0.203 e. The Morgan fingerprint density at radius 1 is 1.25 bits per heavy atom. The molecular formula is C16H27N3O. The van der Waals surface area contributed by atoms with E-state index < -0.39 is 0 Å². The van der Waals surface area contributed by atoms with Crippen molar-refractivity contribution < 1.29 is 4.74 Å². The third-order valence-corrected chi connectivity index (χ3v) is 4.70. The molecule has 2 aliphatic rings. The highest BCUT2D eigenvalue weighted by atomic mass is 16.5. The smallest absolute Gasteiger partial charge is 0.203 e. The topological polar surface area (TPSA) is 39.1 Å². The van der Waals surface area contributed by atoms with E-state index in [-0.39, 0.29) is 0 Å². The average molecular weight is 277 g/mol. The minimum absolute atomic E-state index is 0.335. The minimum Gasteiger partial charge on any atom is -0.376 e. The molecule has 0 amide bonds. The summed E-state index contributed by atoms with van der Waals surface area (Å²) in [5.74, 6) is 1.04. The van der Waals surface area contributed by atoms with Gasteiger partial charge in [-0.2, -0.15) is 0 Å². The molecule has 0 aromatic carbocycles. The zero-order valence-electron chi connectivity index (χ0n) is 12.8. The summed E-state index contributed by atoms with van der Waals surface area (Å²) in [7, 11) is 0. The van der Waals surface area contributed by atoms with E-state index in [1.807, 2.05) is 0 Å². The lowest BCUT2D eigenvalue weighted by Gasteiger charge is -2.27. The van der Waals surface area contributed by atoms with Gasteiger partial charge in [0.25, 0.3) is 0 Å². The zero-order chi connectivity index (χ0) is 13.9. The SMILES string of the molecule is Cc1cn(C2CCCCC2)c(NC(C)C2CCCO2)n1. The van der Waals surface area contributed by atoms with Crippen molar-refractivity contribution in [3.8, 4) is 0 Å². The number of anilines is 1. The fourth-order valence-corrected chi connectivity index (χ4v) is 3.55. The van der Waals surface area contributed by atoms with Crippen LogP contribution in [0.5, 0.6) is 0 Å². The summed E-state index contributed by atoms with van der Waals surface area (Å²) >= 11 is 0. The minimum atomic E-state index is 0.335. The van der Waals surface area contributed by atoms with Crippen LogP contribution >= 0.6 is 0 Å². The van der Waals surface area contributed by atoms with Crippen LogP contribution in [0.4, 0.5) is 5.95 Å². The Kier molecular flexibility index (Phi) is 4.29. The van der Waals surface area contributed by atoms with Crippen LogP contribution in [-0.2, 0) is 4.74 Å². The van der Waals surface area contributed by atoms with Gasteiger partial charge in [-0.1, -0.05) is 19.3 Å². The maximum absolute atomic E-state index is 5.78. The van der Waals surface area contributed by atoms with E-state index in [0.29, 0.717) is 18.2 Å². The van der Waals surface area contributed by atoms with Gasteiger partial charge >= 0.3 is 0 Å². The quantitative estimate of drug-likeness (QED) is 0.912. The van der Waals surface area contributed by atoms with E-state index in [1.165, 1.54) is 38.5 Å². The van der Waals surface area contributed by atoms with Crippen LogP contribution in [0.2, 0.25) is 0 Å². The summed E-state index contributed by atoms with van der Waals surface area (Å²) in [6.07, 6.45) is 11.6. The van der Waals surface area contributed by atoms with Gasteiger partial charge in [0.15, 0.2) is 0 Å². The zero-order valence-corrected chi connectivity index (χ0v) is 12.8. The lowest BCUT2D eigenvalue weighted by Crippen LogP contribution is -2.31. The molecule has 3 rings (SSSR count). The number of hydrogen-bond acceptors (Lipinski definition) is 3. The Morgan fingerprint density at radius 2 is 2.05 bits per heavy atom. The van der Waals surface area contributed by atoms with E-state index in [2.05, 4.69) is 29.9 Å². The molecule has 1 saturated heterocycles. The molecule has 2 atom stereocenters. The van der Waals surface area contributed by atoms with Gasteiger partial charge in [-0.05, 0) is 39.5 Å². The van der Waals surface area contributed by atoms with Gasteiger partial charge in [0.2, 0.25) is 5.95 Å². The van der Waals surface area contributed by atoms with Gasteiger partial charge in [0.1, 0.15) is 0 Å². The summed E-state index contributed by atoms with van der Waals surface area (Å²) in [4.78, 5) is 4.69. The van der Waals surface area contributed by atoms with Crippen molar-refractivity contribution in [3.05, 3.63) is 11.9 Å². The van der Waals surface area contributed by atoms with E-state index in [4.69, 9.17) is 9.72 Å². The first kappa shape index (κ1) is 13.9. The van der Waals surface area contributed by atoms with Gasteiger partial charge in [0, 0.05) is 18.8 Å². The fourth-order valence-electron chi connectivity index (χ4n) is 3.55. The van der Waals surface area contributed by atoms with Crippen LogP contribution < -0.4 is 5.32 Å². The van der Waals surface area contributed by atoms with Crippen LogP contribution in [0.3, 0.4) is 0 Å². The summed E-state index contributed by atoms with van der Waals surface area (Å²) in [6.45, 7) is 5.21. The normalized spacial score (nSPS) is 25.8. The number of aromatic nitrogens is 2. The highest BCUT2D eigenvalue weighted by Gasteiger charge is 2.25. The number of hydrogen-bond donors (Lipinski definition) is 1. The predicted octanol–water partition coefficient (Wildman–Crippen LogP) is 3.68. The fraction of sp³-hybridized carbons (Fsp3) is 0.812. The molecule has 1 saturated carbocycles. The van der Waals surface area contributed by atoms with E-state index in [1.54, 1.807) is 0 Å². The molecular weight excluding hydrogens is 250 g/mol. The van der Waals surface area contributed by atoms with Crippen molar-refractivity contribution in [1.82, 2.24) is 9.55 Å². The van der Waals surface area contributed by atoms with Crippen LogP contribution in [0.25, 0.3) is 0 Å². The van der Waals surface area contributed by atoms with Crippen molar-refractivity contribution in [3.63, 3.8) is 0 Å². The van der Waals surface area contributed by atoms with E-state index in [9.17, 15) is 0 Å². The summed E-state index contributed by atoms with van der Waals surface area (Å²) in [5, 5.41) is 3.60. The molecule has 4 heteroatoms. The van der Waals surface area contributed by atoms with Crippen molar-refractivity contribution in [2.45, 2.75) is 77.0 Å². The van der Waals surface area contributed by atoms with Crippen LogP contribution in [0, 0.1) is 6.92 Å². The molecule has 0 radical (unpaired) electrons. The molecule has 2 unspecified atom stereocenters. The Labute approximate surface area is 121 Å². The third kappa shape index (κ3) is 3.00. The van der Waals surface area contributed by atoms with E-state index >= 15 is 0 Å². The molecule has 2 fully saturated rings. The standard InChI is InChI=1S/C16H27N3O/c1-12-11-19(14-7-4-3-5-8-14)16(17-12)18-13(2)15-9-6-10-20-15/h11,13-15H,3-10H2,1-2H3,(H,17,18). The molecule has 1 aliphatic carbocycles. The highest BCUT2D eigenvalue weighted by Crippen LogP contribution is 2.31. The molecule has 112 valence electrons. The molecule has 1 aromatic rings. The second-order valence-electron chi connectivity index (χ2n) is 6.39. The number of imidazole rings is 1. The predicted molar refractivity (Wildman–Crippen MR) is 81.1 cm³/mol. The Hall–Kier alpha value is -1.03. The van der Waals surface area contributed by atoms with Crippen molar-refractivity contribution >= 4 is 5.95 Å². The molecule has 1 aromatic heterocycles. The average Bonchev–Trinajstić information content (AvgIpc) is 3.09. The van der Waals surface area contributed by atoms with Crippen LogP contribution in [-0.4, -0.2) is 28.3 Å². The molecule has 1 N–H and O–H groups in total. The summed E-state index contributed by atoms with van der Waals surface area (Å²) in [6, 6.07) is 0.964. The molecule has 1 aliphatic heterocycles. The number of nitrogens with zero attached hydrogens (tertiary/aromatic N) is 2. The molecule has 0 bridgehead atoms. The molecule has 4 nitrogen and oxygen atoms in total. The largest absolute Gasteiger partial charge is 0.376 e. The lowest BCUT2D eigenvalue weighted by atomic mass is 9.95. The maximum atomic E-state index is 5.78. The number of aryl methyl sites for hydroxylation is 1. The summed E-state index contributed by atoms with van der Waals surface area (Å²) in [5.41, 5.74) is 1.11. The van der Waals surface area contributed by atoms with Gasteiger partial charge < -0.3 is 14.6 Å². The number of rotatable bonds is 4. The van der Waals surface area contributed by atoms with Crippen molar-refractivity contribution in [1.29, 1.82) is 0 Å². The monoisotopic (exact) mass is 277 g/mol. The van der Waals surface area contributed by atoms with Crippen LogP contribution in [0.1, 0.15) is 63.6 Å². The molecule has 0 spiro atoms. The first-order valence-electron chi connectivity index (χ1n) is 8.17. The molecule has 20 heavy (non-hydrogen) atoms. The lowest BCUT2D eigenvalue weighted by molar-refractivity contribution is 0.0993. The van der Waals surface area contributed by atoms with Gasteiger partial charge in [0.05, 0.1) is 17.8 Å². The van der Waals surface area contributed by atoms with Crippen LogP contribution in [0.15, 0.2) is 6.20 Å². The second kappa shape index (κ2) is 6.17. The van der Waals surface area contributed by atoms with E-state index in [0.717, 1.165) is 24.7 Å². The van der Waals surface area contributed by atoms with Crippen molar-refractivity contribution in [2.24, 2.45) is 0 Å². The second-order valence-corrected chi connectivity index (χ2v) is 6.39. The number of nitrogens with one attached hydrogen (secondary N) is 1. The Bertz CT molecular complexity index is 431. The van der Waals surface area contributed by atoms with Crippen molar-refractivity contribution in [2.75, 3.05) is 11.9 Å². The Morgan fingerprint density at radius 3 is 2.75 bits per heavy atom. The highest BCUT2D eigenvalue weighted by molar-refractivity contribution is 5.31. The first-order valence-corrected chi connectivity index (χ1v) is 8.17. The molecule has 2 heterocycles. The first-order chi connectivity index (χ1) is 9.74. The number of ether oxygens (including phenoxy) is 1. The third-order valence-electron chi connectivity index (χ3n) is 4.70. The summed E-state index contributed by atoms with van der Waals surface area (Å²) < 4.78 is 8.15. The van der Waals surface area contributed by atoms with Gasteiger partial charge in [-0.15, -0.1) is 0 Å². The Balaban J connectivity index is 1.71.